The van der Waals surface area contributed by atoms with Crippen LogP contribution in [0.3, 0.4) is 0 Å². The van der Waals surface area contributed by atoms with E-state index in [1.807, 2.05) is 20.8 Å². The van der Waals surface area contributed by atoms with E-state index >= 15 is 0 Å². The summed E-state index contributed by atoms with van der Waals surface area (Å²) in [4.78, 5) is 38.4. The molecule has 0 saturated carbocycles. The summed E-state index contributed by atoms with van der Waals surface area (Å²) in [6.07, 6.45) is 0.724. The van der Waals surface area contributed by atoms with E-state index < -0.39 is 11.9 Å². The molecule has 1 atom stereocenters. The molecule has 1 unspecified atom stereocenters. The van der Waals surface area contributed by atoms with Crippen LogP contribution in [0.15, 0.2) is 29.5 Å². The first kappa shape index (κ1) is 21.4. The van der Waals surface area contributed by atoms with E-state index in [1.165, 1.54) is 14.2 Å². The number of benzene rings is 1. The number of amides is 1. The zero-order chi connectivity index (χ0) is 20.8. The molecule has 2 rings (SSSR count). The smallest absolute Gasteiger partial charge is 0.355 e. The Hall–Kier alpha value is -2.87. The van der Waals surface area contributed by atoms with Crippen LogP contribution in [0.25, 0.3) is 0 Å². The van der Waals surface area contributed by atoms with Gasteiger partial charge in [0.2, 0.25) is 5.91 Å². The minimum absolute atomic E-state index is 0.0501. The van der Waals surface area contributed by atoms with Crippen LogP contribution in [0.5, 0.6) is 0 Å². The van der Waals surface area contributed by atoms with Crippen LogP contribution in [0.2, 0.25) is 0 Å². The molecule has 0 aromatic heterocycles. The first-order valence-corrected chi connectivity index (χ1v) is 9.01. The van der Waals surface area contributed by atoms with Crippen LogP contribution in [-0.4, -0.2) is 45.4 Å². The minimum atomic E-state index is -0.669. The van der Waals surface area contributed by atoms with Crippen molar-refractivity contribution < 1.29 is 28.6 Å². The van der Waals surface area contributed by atoms with Crippen molar-refractivity contribution in [2.75, 3.05) is 37.8 Å². The molecule has 8 heteroatoms. The molecule has 1 N–H and O–H groups in total. The third-order valence-corrected chi connectivity index (χ3v) is 4.75. The molecule has 0 bridgehead atoms. The molecule has 1 aromatic carbocycles. The fourth-order valence-corrected chi connectivity index (χ4v) is 2.83. The number of nitrogens with zero attached hydrogens (tertiary/aromatic N) is 1. The largest absolute Gasteiger partial charge is 0.466 e. The highest BCUT2D eigenvalue weighted by molar-refractivity contribution is 6.04. The number of nitrogens with one attached hydrogen (secondary N) is 1. The lowest BCUT2D eigenvalue weighted by Gasteiger charge is -2.32. The molecule has 0 radical (unpaired) electrons. The molecular weight excluding hydrogens is 364 g/mol. The molecular formula is C20H26N2O6. The fourth-order valence-electron chi connectivity index (χ4n) is 2.83. The molecule has 1 aliphatic heterocycles. The molecule has 1 amide bonds. The van der Waals surface area contributed by atoms with Crippen LogP contribution >= 0.6 is 0 Å². The topological polar surface area (TPSA) is 94.2 Å². The lowest BCUT2D eigenvalue weighted by Crippen LogP contribution is -2.39. The summed E-state index contributed by atoms with van der Waals surface area (Å²) >= 11 is 0. The summed E-state index contributed by atoms with van der Waals surface area (Å²) in [6, 6.07) is 5.32. The zero-order valence-electron chi connectivity index (χ0n) is 16.8. The fraction of sp³-hybridized carbons (Fsp3) is 0.450. The first-order chi connectivity index (χ1) is 13.3. The van der Waals surface area contributed by atoms with Crippen LogP contribution in [0.4, 0.5) is 11.4 Å². The Morgan fingerprint density at radius 2 is 1.89 bits per heavy atom. The molecule has 0 fully saturated rings. The van der Waals surface area contributed by atoms with E-state index in [0.717, 1.165) is 12.0 Å². The van der Waals surface area contributed by atoms with Gasteiger partial charge in [-0.1, -0.05) is 19.9 Å². The third-order valence-electron chi connectivity index (χ3n) is 4.75. The van der Waals surface area contributed by atoms with Crippen LogP contribution in [0.1, 0.15) is 25.8 Å². The summed E-state index contributed by atoms with van der Waals surface area (Å²) in [5.74, 6) is -1.55. The van der Waals surface area contributed by atoms with Gasteiger partial charge >= 0.3 is 11.9 Å². The highest BCUT2D eigenvalue weighted by Gasteiger charge is 2.33. The molecule has 0 saturated heterocycles. The van der Waals surface area contributed by atoms with Gasteiger partial charge in [0, 0.05) is 17.3 Å². The summed E-state index contributed by atoms with van der Waals surface area (Å²) in [6.45, 7) is 5.61. The van der Waals surface area contributed by atoms with E-state index in [2.05, 4.69) is 5.32 Å². The Kier molecular flexibility index (Phi) is 7.17. The van der Waals surface area contributed by atoms with Crippen molar-refractivity contribution in [1.29, 1.82) is 0 Å². The summed E-state index contributed by atoms with van der Waals surface area (Å²) in [5, 5.41) is 2.91. The Balaban J connectivity index is 2.50. The monoisotopic (exact) mass is 390 g/mol. The van der Waals surface area contributed by atoms with Crippen molar-refractivity contribution in [1.82, 2.24) is 0 Å². The van der Waals surface area contributed by atoms with Gasteiger partial charge in [-0.3, -0.25) is 4.79 Å². The van der Waals surface area contributed by atoms with Crippen molar-refractivity contribution in [3.8, 4) is 0 Å². The Bertz CT molecular complexity index is 802. The Morgan fingerprint density at radius 3 is 2.50 bits per heavy atom. The molecule has 0 spiro atoms. The second-order valence-corrected chi connectivity index (χ2v) is 6.46. The molecule has 1 heterocycles. The SMILES string of the molecule is CCC(C)C(=O)Nc1cccc(N2COCC(C(=O)OC)=C2C(=O)OC)c1C. The standard InChI is InChI=1S/C20H26N2O6/c1-6-12(2)18(23)21-15-8-7-9-16(13(15)3)22-11-28-10-14(19(24)26-4)17(22)20(25)27-5/h7-9,12H,6,10-11H2,1-5H3,(H,21,23). The van der Waals surface area contributed by atoms with Gasteiger partial charge in [0.15, 0.2) is 0 Å². The van der Waals surface area contributed by atoms with Gasteiger partial charge in [-0.25, -0.2) is 9.59 Å². The van der Waals surface area contributed by atoms with Crippen molar-refractivity contribution in [3.05, 3.63) is 35.0 Å². The maximum absolute atomic E-state index is 12.4. The highest BCUT2D eigenvalue weighted by atomic mass is 16.5. The van der Waals surface area contributed by atoms with Crippen molar-refractivity contribution in [3.63, 3.8) is 0 Å². The molecule has 28 heavy (non-hydrogen) atoms. The number of methoxy groups -OCH3 is 2. The molecule has 1 aliphatic rings. The lowest BCUT2D eigenvalue weighted by atomic mass is 10.1. The normalized spacial score (nSPS) is 15.1. The first-order valence-electron chi connectivity index (χ1n) is 9.01. The predicted molar refractivity (Wildman–Crippen MR) is 104 cm³/mol. The number of hydrogen-bond acceptors (Lipinski definition) is 7. The van der Waals surface area contributed by atoms with Crippen LogP contribution in [0, 0.1) is 12.8 Å². The van der Waals surface area contributed by atoms with Gasteiger partial charge in [0.05, 0.1) is 26.4 Å². The quantitative estimate of drug-likeness (QED) is 0.745. The Morgan fingerprint density at radius 1 is 1.21 bits per heavy atom. The number of esters is 2. The minimum Gasteiger partial charge on any atom is -0.466 e. The van der Waals surface area contributed by atoms with Gasteiger partial charge < -0.3 is 24.4 Å². The Labute approximate surface area is 164 Å². The van der Waals surface area contributed by atoms with E-state index in [0.29, 0.717) is 11.4 Å². The number of rotatable bonds is 6. The van der Waals surface area contributed by atoms with Crippen LogP contribution in [-0.2, 0) is 28.6 Å². The van der Waals surface area contributed by atoms with E-state index in [9.17, 15) is 14.4 Å². The zero-order valence-corrected chi connectivity index (χ0v) is 16.8. The molecule has 8 nitrogen and oxygen atoms in total. The summed E-state index contributed by atoms with van der Waals surface area (Å²) < 4.78 is 15.2. The van der Waals surface area contributed by atoms with Crippen molar-refractivity contribution >= 4 is 29.2 Å². The van der Waals surface area contributed by atoms with Gasteiger partial charge in [-0.15, -0.1) is 0 Å². The molecule has 152 valence electrons. The van der Waals surface area contributed by atoms with E-state index in [4.69, 9.17) is 14.2 Å². The number of carbonyl (C=O) groups is 3. The van der Waals surface area contributed by atoms with Gasteiger partial charge in [-0.2, -0.15) is 0 Å². The van der Waals surface area contributed by atoms with Crippen molar-refractivity contribution in [2.45, 2.75) is 27.2 Å². The average Bonchev–Trinajstić information content (AvgIpc) is 2.72. The summed E-state index contributed by atoms with van der Waals surface area (Å²) in [5.41, 5.74) is 2.11. The van der Waals surface area contributed by atoms with Gasteiger partial charge in [0.25, 0.3) is 0 Å². The average molecular weight is 390 g/mol. The number of hydrogen-bond donors (Lipinski definition) is 1. The second kappa shape index (κ2) is 9.36. The maximum atomic E-state index is 12.4. The highest BCUT2D eigenvalue weighted by Crippen LogP contribution is 2.33. The van der Waals surface area contributed by atoms with E-state index in [-0.39, 0.29) is 36.4 Å². The number of ether oxygens (including phenoxy) is 3. The van der Waals surface area contributed by atoms with Crippen LogP contribution < -0.4 is 10.2 Å². The van der Waals surface area contributed by atoms with Gasteiger partial charge in [0.1, 0.15) is 12.4 Å². The summed E-state index contributed by atoms with van der Waals surface area (Å²) in [7, 11) is 2.48. The van der Waals surface area contributed by atoms with Gasteiger partial charge in [-0.05, 0) is 31.0 Å². The molecule has 0 aliphatic carbocycles. The molecule has 1 aromatic rings. The van der Waals surface area contributed by atoms with Crippen molar-refractivity contribution in [2.24, 2.45) is 5.92 Å². The predicted octanol–water partition coefficient (Wildman–Crippen LogP) is 2.37. The lowest BCUT2D eigenvalue weighted by molar-refractivity contribution is -0.140. The number of carbonyl (C=O) groups excluding carboxylic acids is 3. The number of anilines is 2. The second-order valence-electron chi connectivity index (χ2n) is 6.46. The van der Waals surface area contributed by atoms with E-state index in [1.54, 1.807) is 23.1 Å². The third kappa shape index (κ3) is 4.33. The maximum Gasteiger partial charge on any atom is 0.355 e.